The molecule has 0 aromatic heterocycles. The molecule has 0 aromatic carbocycles. The Bertz CT molecular complexity index is 365. The number of unbranched alkanes of at least 4 members (excludes halogenated alkanes) is 10. The maximum absolute atomic E-state index is 12.4. The Balaban J connectivity index is 3.98. The Labute approximate surface area is 157 Å². The molecule has 0 heterocycles. The van der Waals surface area contributed by atoms with Crippen molar-refractivity contribution >= 4 is 9.84 Å². The first-order valence-corrected chi connectivity index (χ1v) is 12.7. The average molecular weight is 377 g/mol. The van der Waals surface area contributed by atoms with Gasteiger partial charge in [0.15, 0.2) is 9.84 Å². The average Bonchev–Trinajstić information content (AvgIpc) is 2.58. The standard InChI is InChI=1S/C21H44O3S/c1-3-5-7-13-17-21(16-6-4-2)20-25(23,24)19-15-12-10-8-9-11-14-18-22/h21-22H,3-20H2,1-2H3. The zero-order valence-corrected chi connectivity index (χ0v) is 17.8. The number of aliphatic hydroxyl groups is 1. The summed E-state index contributed by atoms with van der Waals surface area (Å²) in [6.07, 6.45) is 16.7. The fraction of sp³-hybridized carbons (Fsp3) is 1.00. The Morgan fingerprint density at radius 1 is 0.680 bits per heavy atom. The lowest BCUT2D eigenvalue weighted by molar-refractivity contribution is 0.282. The van der Waals surface area contributed by atoms with Crippen LogP contribution in [0.3, 0.4) is 0 Å². The van der Waals surface area contributed by atoms with Gasteiger partial charge in [-0.15, -0.1) is 0 Å². The van der Waals surface area contributed by atoms with Crippen LogP contribution in [0.4, 0.5) is 0 Å². The van der Waals surface area contributed by atoms with Crippen LogP contribution in [0.15, 0.2) is 0 Å². The van der Waals surface area contributed by atoms with Gasteiger partial charge in [-0.25, -0.2) is 8.42 Å². The predicted molar refractivity (Wildman–Crippen MR) is 110 cm³/mol. The van der Waals surface area contributed by atoms with Crippen LogP contribution in [0.2, 0.25) is 0 Å². The monoisotopic (exact) mass is 376 g/mol. The third kappa shape index (κ3) is 17.1. The number of sulfone groups is 1. The van der Waals surface area contributed by atoms with Crippen molar-refractivity contribution in [3.05, 3.63) is 0 Å². The van der Waals surface area contributed by atoms with Gasteiger partial charge in [-0.05, 0) is 31.6 Å². The van der Waals surface area contributed by atoms with E-state index in [1.165, 1.54) is 25.7 Å². The molecule has 0 fully saturated rings. The van der Waals surface area contributed by atoms with Crippen molar-refractivity contribution in [1.29, 1.82) is 0 Å². The quantitative estimate of drug-likeness (QED) is 0.285. The maximum atomic E-state index is 12.4. The van der Waals surface area contributed by atoms with E-state index in [9.17, 15) is 8.42 Å². The molecule has 0 spiro atoms. The summed E-state index contributed by atoms with van der Waals surface area (Å²) < 4.78 is 24.9. The van der Waals surface area contributed by atoms with Crippen LogP contribution >= 0.6 is 0 Å². The van der Waals surface area contributed by atoms with Gasteiger partial charge < -0.3 is 5.11 Å². The van der Waals surface area contributed by atoms with Gasteiger partial charge >= 0.3 is 0 Å². The van der Waals surface area contributed by atoms with E-state index in [1.807, 2.05) is 0 Å². The van der Waals surface area contributed by atoms with Gasteiger partial charge in [-0.3, -0.25) is 0 Å². The molecule has 1 unspecified atom stereocenters. The molecule has 0 saturated heterocycles. The van der Waals surface area contributed by atoms with Crippen LogP contribution in [0.5, 0.6) is 0 Å². The smallest absolute Gasteiger partial charge is 0.150 e. The Hall–Kier alpha value is -0.0900. The van der Waals surface area contributed by atoms with E-state index in [0.717, 1.165) is 70.6 Å². The van der Waals surface area contributed by atoms with Gasteiger partial charge in [0.1, 0.15) is 0 Å². The highest BCUT2D eigenvalue weighted by atomic mass is 32.2. The first-order valence-electron chi connectivity index (χ1n) is 10.9. The zero-order chi connectivity index (χ0) is 18.8. The molecule has 0 saturated carbocycles. The second-order valence-corrected chi connectivity index (χ2v) is 9.90. The first-order chi connectivity index (χ1) is 12.1. The SMILES string of the molecule is CCCCCCC(CCCC)CS(=O)(=O)CCCCCCCCCO. The number of rotatable bonds is 19. The van der Waals surface area contributed by atoms with E-state index in [-0.39, 0.29) is 6.61 Å². The molecular formula is C21H44O3S. The van der Waals surface area contributed by atoms with Crippen molar-refractivity contribution in [2.24, 2.45) is 5.92 Å². The van der Waals surface area contributed by atoms with Crippen molar-refractivity contribution in [3.63, 3.8) is 0 Å². The lowest BCUT2D eigenvalue weighted by atomic mass is 9.97. The van der Waals surface area contributed by atoms with Crippen molar-refractivity contribution in [2.75, 3.05) is 18.1 Å². The molecule has 0 rings (SSSR count). The van der Waals surface area contributed by atoms with Crippen molar-refractivity contribution in [2.45, 2.75) is 110 Å². The van der Waals surface area contributed by atoms with Gasteiger partial charge in [0.25, 0.3) is 0 Å². The van der Waals surface area contributed by atoms with E-state index in [1.54, 1.807) is 0 Å². The molecule has 0 aromatic rings. The normalized spacial score (nSPS) is 13.2. The molecule has 0 amide bonds. The van der Waals surface area contributed by atoms with E-state index in [4.69, 9.17) is 5.11 Å². The minimum Gasteiger partial charge on any atom is -0.396 e. The summed E-state index contributed by atoms with van der Waals surface area (Å²) in [6, 6.07) is 0. The van der Waals surface area contributed by atoms with Crippen molar-refractivity contribution in [1.82, 2.24) is 0 Å². The minimum absolute atomic E-state index is 0.288. The van der Waals surface area contributed by atoms with Crippen LogP contribution in [-0.4, -0.2) is 31.6 Å². The fourth-order valence-electron chi connectivity index (χ4n) is 3.42. The van der Waals surface area contributed by atoms with Crippen LogP contribution in [-0.2, 0) is 9.84 Å². The van der Waals surface area contributed by atoms with Gasteiger partial charge in [-0.1, -0.05) is 84.5 Å². The summed E-state index contributed by atoms with van der Waals surface area (Å²) in [5.41, 5.74) is 0. The van der Waals surface area contributed by atoms with Gasteiger partial charge in [-0.2, -0.15) is 0 Å². The summed E-state index contributed by atoms with van der Waals surface area (Å²) in [7, 11) is -2.89. The van der Waals surface area contributed by atoms with E-state index >= 15 is 0 Å². The fourth-order valence-corrected chi connectivity index (χ4v) is 5.29. The topological polar surface area (TPSA) is 54.4 Å². The van der Waals surface area contributed by atoms with Crippen molar-refractivity contribution in [3.8, 4) is 0 Å². The second-order valence-electron chi connectivity index (χ2n) is 7.67. The van der Waals surface area contributed by atoms with Crippen molar-refractivity contribution < 1.29 is 13.5 Å². The highest BCUT2D eigenvalue weighted by molar-refractivity contribution is 7.91. The van der Waals surface area contributed by atoms with E-state index < -0.39 is 9.84 Å². The second kappa shape index (κ2) is 17.3. The minimum atomic E-state index is -2.89. The van der Waals surface area contributed by atoms with Gasteiger partial charge in [0.05, 0.1) is 11.5 Å². The Morgan fingerprint density at radius 3 is 1.80 bits per heavy atom. The molecule has 0 aliphatic heterocycles. The number of hydrogen-bond donors (Lipinski definition) is 1. The van der Waals surface area contributed by atoms with Gasteiger partial charge in [0.2, 0.25) is 0 Å². The van der Waals surface area contributed by atoms with Gasteiger partial charge in [0, 0.05) is 6.61 Å². The summed E-state index contributed by atoms with van der Waals surface area (Å²) in [5.74, 6) is 1.16. The molecular weight excluding hydrogens is 332 g/mol. The summed E-state index contributed by atoms with van der Waals surface area (Å²) in [5, 5.41) is 8.74. The molecule has 3 nitrogen and oxygen atoms in total. The number of aliphatic hydroxyl groups excluding tert-OH is 1. The molecule has 0 radical (unpaired) electrons. The highest BCUT2D eigenvalue weighted by Crippen LogP contribution is 2.20. The van der Waals surface area contributed by atoms with E-state index in [0.29, 0.717) is 17.4 Å². The maximum Gasteiger partial charge on any atom is 0.150 e. The Kier molecular flexibility index (Phi) is 17.3. The molecule has 1 N–H and O–H groups in total. The largest absolute Gasteiger partial charge is 0.396 e. The molecule has 4 heteroatoms. The molecule has 0 aliphatic carbocycles. The first kappa shape index (κ1) is 24.9. The van der Waals surface area contributed by atoms with Crippen LogP contribution < -0.4 is 0 Å². The molecule has 0 bridgehead atoms. The molecule has 1 atom stereocenters. The lowest BCUT2D eigenvalue weighted by Crippen LogP contribution is -2.19. The predicted octanol–water partition coefficient (Wildman–Crippen LogP) is 5.90. The zero-order valence-electron chi connectivity index (χ0n) is 17.0. The van der Waals surface area contributed by atoms with Crippen LogP contribution in [0.25, 0.3) is 0 Å². The van der Waals surface area contributed by atoms with E-state index in [2.05, 4.69) is 13.8 Å². The molecule has 25 heavy (non-hydrogen) atoms. The number of hydrogen-bond acceptors (Lipinski definition) is 3. The summed E-state index contributed by atoms with van der Waals surface area (Å²) in [4.78, 5) is 0. The highest BCUT2D eigenvalue weighted by Gasteiger charge is 2.18. The lowest BCUT2D eigenvalue weighted by Gasteiger charge is -2.17. The Morgan fingerprint density at radius 2 is 1.20 bits per heavy atom. The van der Waals surface area contributed by atoms with Crippen LogP contribution in [0.1, 0.15) is 110 Å². The summed E-state index contributed by atoms with van der Waals surface area (Å²) in [6.45, 7) is 4.69. The molecule has 152 valence electrons. The van der Waals surface area contributed by atoms with Crippen LogP contribution in [0, 0.1) is 5.92 Å². The third-order valence-electron chi connectivity index (χ3n) is 5.03. The molecule has 0 aliphatic rings. The summed E-state index contributed by atoms with van der Waals surface area (Å²) >= 11 is 0. The third-order valence-corrected chi connectivity index (χ3v) is 6.92.